The fraction of sp³-hybridized carbons (Fsp3) is 0.200. The predicted octanol–water partition coefficient (Wildman–Crippen LogP) is 8.53. The molecule has 0 amide bonds. The van der Waals surface area contributed by atoms with E-state index in [1.54, 1.807) is 0 Å². The van der Waals surface area contributed by atoms with E-state index < -0.39 is 5.09 Å². The molecule has 0 radical (unpaired) electrons. The van der Waals surface area contributed by atoms with Crippen LogP contribution in [0.5, 0.6) is 11.5 Å². The Balaban J connectivity index is 0.000000868. The lowest BCUT2D eigenvalue weighted by molar-refractivity contribution is -0.402. The normalized spacial score (nSPS) is 17.0. The zero-order valence-electron chi connectivity index (χ0n) is 24.5. The zero-order valence-corrected chi connectivity index (χ0v) is 24.5. The maximum absolute atomic E-state index is 8.25. The zero-order chi connectivity index (χ0) is 30.4. The van der Waals surface area contributed by atoms with Crippen molar-refractivity contribution in [1.82, 2.24) is 4.48 Å². The molecule has 6 rings (SSSR count). The second-order valence-corrected chi connectivity index (χ2v) is 10.4. The summed E-state index contributed by atoms with van der Waals surface area (Å²) < 4.78 is 13.6. The van der Waals surface area contributed by atoms with Gasteiger partial charge in [-0.2, -0.15) is 0 Å². The van der Waals surface area contributed by atoms with E-state index in [0.29, 0.717) is 0 Å². The topological polar surface area (TPSA) is 96.7 Å². The van der Waals surface area contributed by atoms with E-state index in [0.717, 1.165) is 52.6 Å². The molecule has 43 heavy (non-hydrogen) atoms. The third kappa shape index (κ3) is 6.24. The van der Waals surface area contributed by atoms with Crippen molar-refractivity contribution < 1.29 is 14.6 Å². The van der Waals surface area contributed by atoms with Crippen LogP contribution in [0.3, 0.4) is 0 Å². The van der Waals surface area contributed by atoms with Crippen molar-refractivity contribution in [3.8, 4) is 33.8 Å². The van der Waals surface area contributed by atoms with Crippen LogP contribution in [0.2, 0.25) is 0 Å². The Morgan fingerprint density at radius 3 is 1.93 bits per heavy atom. The van der Waals surface area contributed by atoms with Gasteiger partial charge < -0.3 is 30.1 Å². The molecule has 0 saturated heterocycles. The molecule has 0 aliphatic carbocycles. The molecule has 0 aromatic heterocycles. The van der Waals surface area contributed by atoms with Gasteiger partial charge in [-0.15, -0.1) is 0 Å². The van der Waals surface area contributed by atoms with Gasteiger partial charge in [0.2, 0.25) is 0 Å². The average Bonchev–Trinajstić information content (AvgIpc) is 3.58. The molecule has 220 valence electrons. The second-order valence-electron chi connectivity index (χ2n) is 10.4. The molecule has 8 heteroatoms. The van der Waals surface area contributed by atoms with Crippen LogP contribution in [0.25, 0.3) is 22.3 Å². The van der Waals surface area contributed by atoms with Gasteiger partial charge in [0.15, 0.2) is 23.1 Å². The van der Waals surface area contributed by atoms with Crippen LogP contribution in [-0.4, -0.2) is 24.4 Å². The van der Waals surface area contributed by atoms with E-state index in [1.807, 2.05) is 12.1 Å². The number of nitrogens with one attached hydrogen (secondary N) is 1. The first-order valence-corrected chi connectivity index (χ1v) is 14.5. The van der Waals surface area contributed by atoms with Crippen LogP contribution in [0.4, 0.5) is 11.4 Å². The number of quaternary nitrogens is 1. The van der Waals surface area contributed by atoms with E-state index in [1.165, 1.54) is 28.0 Å². The minimum absolute atomic E-state index is 0.0960. The van der Waals surface area contributed by atoms with E-state index in [9.17, 15) is 0 Å². The number of anilines is 1. The predicted molar refractivity (Wildman–Crippen MR) is 172 cm³/mol. The van der Waals surface area contributed by atoms with Crippen molar-refractivity contribution in [2.24, 2.45) is 0 Å². The number of hydrogen-bond acceptors (Lipinski definition) is 6. The first kappa shape index (κ1) is 29.4. The van der Waals surface area contributed by atoms with Gasteiger partial charge in [-0.25, -0.2) is 4.48 Å². The molecular weight excluding hydrogens is 542 g/mol. The lowest BCUT2D eigenvalue weighted by atomic mass is 10.0. The minimum atomic E-state index is -1.75. The molecule has 1 N–H and O–H groups in total. The van der Waals surface area contributed by atoms with E-state index in [-0.39, 0.29) is 6.23 Å². The number of likely N-dealkylation sites (N-methyl/N-ethyl adjacent to an activating group) is 1. The monoisotopic (exact) mass is 577 g/mol. The summed E-state index contributed by atoms with van der Waals surface area (Å²) in [6.45, 7) is 8.58. The molecule has 0 bridgehead atoms. The van der Waals surface area contributed by atoms with Gasteiger partial charge in [-0.05, 0) is 66.3 Å². The van der Waals surface area contributed by atoms with Gasteiger partial charge >= 0.3 is 0 Å². The molecule has 0 fully saturated rings. The first-order chi connectivity index (χ1) is 20.9. The summed E-state index contributed by atoms with van der Waals surface area (Å²) >= 11 is 0. The van der Waals surface area contributed by atoms with Crippen LogP contribution >= 0.6 is 0 Å². The van der Waals surface area contributed by atoms with Gasteiger partial charge in [0, 0.05) is 18.2 Å². The number of hydrogen-bond donors (Lipinski definition) is 1. The molecule has 0 saturated carbocycles. The highest BCUT2D eigenvalue weighted by molar-refractivity contribution is 5.75. The van der Waals surface area contributed by atoms with Crippen molar-refractivity contribution >= 4 is 11.4 Å². The molecule has 8 nitrogen and oxygen atoms in total. The maximum atomic E-state index is 8.25. The van der Waals surface area contributed by atoms with Gasteiger partial charge in [-0.1, -0.05) is 79.7 Å². The summed E-state index contributed by atoms with van der Waals surface area (Å²) in [7, 11) is 0. The summed E-state index contributed by atoms with van der Waals surface area (Å²) in [6.07, 6.45) is 5.18. The number of benzene rings is 4. The number of ether oxygens (including phenoxy) is 2. The summed E-state index contributed by atoms with van der Waals surface area (Å²) in [5, 5.41) is 18.2. The molecule has 0 spiro atoms. The van der Waals surface area contributed by atoms with Gasteiger partial charge in [-0.3, -0.25) is 0 Å². The van der Waals surface area contributed by atoms with E-state index in [4.69, 9.17) is 24.8 Å². The lowest BCUT2D eigenvalue weighted by Crippen LogP contribution is -2.55. The molecule has 2 heterocycles. The Morgan fingerprint density at radius 2 is 1.37 bits per heavy atom. The lowest BCUT2D eigenvalue weighted by Gasteiger charge is -2.35. The third-order valence-corrected chi connectivity index (χ3v) is 8.06. The van der Waals surface area contributed by atoms with E-state index in [2.05, 4.69) is 123 Å². The standard InChI is InChI=1S/C35H35N2O2.NO3/c1-4-25(21-34-36-30-23-28(17-19-32(30)38-34)26-13-9-7-10-14-26)22-35-37(5-2,6-3)31-24-29(18-20-33(31)39-35)27-15-11-8-12-16-27;2-1(3)4/h7-24,35-36H,4-6H2,1-3H3;/q+1;-1. The highest BCUT2D eigenvalue weighted by atomic mass is 16.9. The maximum Gasteiger partial charge on any atom is 0.258 e. The molecule has 1 atom stereocenters. The fourth-order valence-corrected chi connectivity index (χ4v) is 5.73. The van der Waals surface area contributed by atoms with E-state index >= 15 is 0 Å². The van der Waals surface area contributed by atoms with Crippen LogP contribution in [0.15, 0.2) is 121 Å². The van der Waals surface area contributed by atoms with Crippen molar-refractivity contribution in [3.63, 3.8) is 0 Å². The summed E-state index contributed by atoms with van der Waals surface area (Å²) in [4.78, 5) is 8.25. The average molecular weight is 578 g/mol. The first-order valence-electron chi connectivity index (χ1n) is 14.5. The van der Waals surface area contributed by atoms with Crippen molar-refractivity contribution in [3.05, 3.63) is 136 Å². The molecule has 2 aliphatic heterocycles. The quantitative estimate of drug-likeness (QED) is 0.134. The molecule has 4 aromatic carbocycles. The highest BCUT2D eigenvalue weighted by Gasteiger charge is 2.45. The van der Waals surface area contributed by atoms with Crippen LogP contribution in [0, 0.1) is 15.3 Å². The Hall–Kier alpha value is -5.08. The SMILES string of the molecule is CCC(=CC1Oc2ccc(-c3ccccc3)cc2[N+]1(CC)CC)C=C1Nc2cc(-c3ccccc3)ccc2O1.O=[N+]([O-])[O-]. The fourth-order valence-electron chi connectivity index (χ4n) is 5.73. The van der Waals surface area contributed by atoms with Crippen molar-refractivity contribution in [2.45, 2.75) is 33.4 Å². The van der Waals surface area contributed by atoms with Crippen molar-refractivity contribution in [2.75, 3.05) is 18.4 Å². The number of rotatable bonds is 7. The smallest absolute Gasteiger partial charge is 0.258 e. The Bertz CT molecular complexity index is 1640. The van der Waals surface area contributed by atoms with Crippen LogP contribution in [0.1, 0.15) is 27.2 Å². The summed E-state index contributed by atoms with van der Waals surface area (Å²) in [5.74, 6) is 2.57. The van der Waals surface area contributed by atoms with Crippen LogP contribution in [-0.2, 0) is 0 Å². The second kappa shape index (κ2) is 12.8. The van der Waals surface area contributed by atoms with Crippen molar-refractivity contribution in [1.29, 1.82) is 0 Å². The molecular formula is C35H35N3O5. The van der Waals surface area contributed by atoms with Crippen LogP contribution < -0.4 is 19.3 Å². The molecule has 2 aliphatic rings. The third-order valence-electron chi connectivity index (χ3n) is 8.06. The number of allylic oxidation sites excluding steroid dienone is 2. The molecule has 4 aromatic rings. The molecule has 1 unspecified atom stereocenters. The minimum Gasteiger partial charge on any atom is -0.439 e. The van der Waals surface area contributed by atoms with Gasteiger partial charge in [0.25, 0.3) is 6.23 Å². The summed E-state index contributed by atoms with van der Waals surface area (Å²) in [6, 6.07) is 33.9. The van der Waals surface area contributed by atoms with Gasteiger partial charge in [0.05, 0.1) is 23.9 Å². The Labute approximate surface area is 251 Å². The largest absolute Gasteiger partial charge is 0.439 e. The summed E-state index contributed by atoms with van der Waals surface area (Å²) in [5.41, 5.74) is 8.22. The Kier molecular flexibility index (Phi) is 8.78. The van der Waals surface area contributed by atoms with Gasteiger partial charge in [0.1, 0.15) is 0 Å². The highest BCUT2D eigenvalue weighted by Crippen LogP contribution is 2.46. The Morgan fingerprint density at radius 1 is 0.814 bits per heavy atom. The number of fused-ring (bicyclic) bond motifs is 2. The number of nitrogens with zero attached hydrogens (tertiary/aromatic N) is 2.